The molecule has 2 amide bonds. The molecule has 1 aliphatic heterocycles. The number of nitrogens with zero attached hydrogens (tertiary/aromatic N) is 3. The van der Waals surface area contributed by atoms with E-state index in [0.717, 1.165) is 0 Å². The van der Waals surface area contributed by atoms with Crippen LogP contribution in [0.2, 0.25) is 0 Å². The van der Waals surface area contributed by atoms with Crippen molar-refractivity contribution in [2.75, 3.05) is 46.3 Å². The van der Waals surface area contributed by atoms with E-state index in [0.29, 0.717) is 39.3 Å². The van der Waals surface area contributed by atoms with Gasteiger partial charge >= 0.3 is 12.0 Å². The van der Waals surface area contributed by atoms with Crippen LogP contribution in [0.4, 0.5) is 4.79 Å². The van der Waals surface area contributed by atoms with Crippen LogP contribution in [0.1, 0.15) is 6.42 Å². The summed E-state index contributed by atoms with van der Waals surface area (Å²) >= 11 is 0. The first-order chi connectivity index (χ1) is 8.54. The molecule has 0 radical (unpaired) electrons. The van der Waals surface area contributed by atoms with Gasteiger partial charge in [-0.25, -0.2) is 4.79 Å². The lowest BCUT2D eigenvalue weighted by molar-refractivity contribution is -0.137. The van der Waals surface area contributed by atoms with Gasteiger partial charge < -0.3 is 14.9 Å². The topological polar surface area (TPSA) is 64.1 Å². The number of carbonyl (C=O) groups is 2. The number of rotatable bonds is 4. The summed E-state index contributed by atoms with van der Waals surface area (Å²) in [6.07, 6.45) is 5.30. The monoisotopic (exact) mass is 253 g/mol. The SMILES string of the molecule is C#CCN(C)C(=O)N1CCN(CCC(=O)O)CC1. The van der Waals surface area contributed by atoms with E-state index >= 15 is 0 Å². The molecule has 100 valence electrons. The van der Waals surface area contributed by atoms with E-state index in [1.807, 2.05) is 0 Å². The molecular formula is C12H19N3O3. The Morgan fingerprint density at radius 1 is 1.33 bits per heavy atom. The zero-order valence-corrected chi connectivity index (χ0v) is 10.6. The van der Waals surface area contributed by atoms with E-state index in [9.17, 15) is 9.59 Å². The van der Waals surface area contributed by atoms with E-state index in [-0.39, 0.29) is 12.5 Å². The summed E-state index contributed by atoms with van der Waals surface area (Å²) in [5.74, 6) is 1.64. The second-order valence-corrected chi connectivity index (χ2v) is 4.32. The van der Waals surface area contributed by atoms with Crippen LogP contribution in [0.3, 0.4) is 0 Å². The first kappa shape index (κ1) is 14.3. The number of urea groups is 1. The molecule has 1 saturated heterocycles. The maximum absolute atomic E-state index is 11.9. The van der Waals surface area contributed by atoms with Crippen molar-refractivity contribution >= 4 is 12.0 Å². The number of hydrogen-bond acceptors (Lipinski definition) is 3. The van der Waals surface area contributed by atoms with E-state index in [4.69, 9.17) is 11.5 Å². The minimum atomic E-state index is -0.790. The van der Waals surface area contributed by atoms with Crippen LogP contribution in [0.15, 0.2) is 0 Å². The number of hydrogen-bond donors (Lipinski definition) is 1. The van der Waals surface area contributed by atoms with Gasteiger partial charge in [-0.1, -0.05) is 5.92 Å². The largest absolute Gasteiger partial charge is 0.481 e. The Hall–Kier alpha value is -1.74. The average Bonchev–Trinajstić information content (AvgIpc) is 2.36. The highest BCUT2D eigenvalue weighted by Gasteiger charge is 2.23. The fraction of sp³-hybridized carbons (Fsp3) is 0.667. The third-order valence-electron chi connectivity index (χ3n) is 2.94. The fourth-order valence-corrected chi connectivity index (χ4v) is 1.86. The molecule has 0 unspecified atom stereocenters. The molecule has 1 rings (SSSR count). The number of carboxylic acid groups (broad SMARTS) is 1. The molecule has 18 heavy (non-hydrogen) atoms. The summed E-state index contributed by atoms with van der Waals surface area (Å²) in [5, 5.41) is 8.60. The molecule has 1 heterocycles. The quantitative estimate of drug-likeness (QED) is 0.703. The van der Waals surface area contributed by atoms with Crippen molar-refractivity contribution in [2.45, 2.75) is 6.42 Å². The van der Waals surface area contributed by atoms with E-state index in [1.54, 1.807) is 11.9 Å². The van der Waals surface area contributed by atoms with Gasteiger partial charge in [0.25, 0.3) is 0 Å². The second-order valence-electron chi connectivity index (χ2n) is 4.32. The number of carbonyl (C=O) groups excluding carboxylic acids is 1. The van der Waals surface area contributed by atoms with Crippen LogP contribution in [0.25, 0.3) is 0 Å². The molecular weight excluding hydrogens is 234 g/mol. The number of aliphatic carboxylic acids is 1. The van der Waals surface area contributed by atoms with Crippen LogP contribution in [0.5, 0.6) is 0 Å². The minimum Gasteiger partial charge on any atom is -0.481 e. The van der Waals surface area contributed by atoms with Gasteiger partial charge in [0.15, 0.2) is 0 Å². The summed E-state index contributed by atoms with van der Waals surface area (Å²) in [4.78, 5) is 27.7. The highest BCUT2D eigenvalue weighted by Crippen LogP contribution is 2.05. The summed E-state index contributed by atoms with van der Waals surface area (Å²) < 4.78 is 0. The molecule has 0 aromatic carbocycles. The molecule has 0 aromatic heterocycles. The third kappa shape index (κ3) is 4.26. The highest BCUT2D eigenvalue weighted by atomic mass is 16.4. The fourth-order valence-electron chi connectivity index (χ4n) is 1.86. The van der Waals surface area contributed by atoms with Gasteiger partial charge in [0, 0.05) is 39.8 Å². The predicted octanol–water partition coefficient (Wildman–Crippen LogP) is -0.236. The Balaban J connectivity index is 2.33. The van der Waals surface area contributed by atoms with Gasteiger partial charge in [-0.15, -0.1) is 6.42 Å². The molecule has 0 bridgehead atoms. The second kappa shape index (κ2) is 6.87. The normalized spacial score (nSPS) is 16.1. The van der Waals surface area contributed by atoms with E-state index < -0.39 is 5.97 Å². The molecule has 1 aliphatic rings. The maximum Gasteiger partial charge on any atom is 0.320 e. The molecule has 1 fully saturated rings. The van der Waals surface area contributed by atoms with Gasteiger partial charge in [-0.05, 0) is 0 Å². The molecule has 1 N–H and O–H groups in total. The smallest absolute Gasteiger partial charge is 0.320 e. The lowest BCUT2D eigenvalue weighted by Gasteiger charge is -2.36. The zero-order valence-electron chi connectivity index (χ0n) is 10.6. The van der Waals surface area contributed by atoms with Crippen molar-refractivity contribution in [2.24, 2.45) is 0 Å². The number of piperazine rings is 1. The van der Waals surface area contributed by atoms with Gasteiger partial charge in [0.05, 0.1) is 13.0 Å². The van der Waals surface area contributed by atoms with Crippen molar-refractivity contribution in [3.05, 3.63) is 0 Å². The van der Waals surface area contributed by atoms with Crippen molar-refractivity contribution in [3.63, 3.8) is 0 Å². The summed E-state index contributed by atoms with van der Waals surface area (Å²) in [6.45, 7) is 3.50. The summed E-state index contributed by atoms with van der Waals surface area (Å²) in [7, 11) is 1.68. The van der Waals surface area contributed by atoms with Crippen LogP contribution in [-0.2, 0) is 4.79 Å². The van der Waals surface area contributed by atoms with E-state index in [1.165, 1.54) is 4.90 Å². The van der Waals surface area contributed by atoms with Gasteiger partial charge in [0.2, 0.25) is 0 Å². The lowest BCUT2D eigenvalue weighted by atomic mass is 10.3. The van der Waals surface area contributed by atoms with Crippen LogP contribution in [0, 0.1) is 12.3 Å². The van der Waals surface area contributed by atoms with Crippen molar-refractivity contribution in [3.8, 4) is 12.3 Å². The highest BCUT2D eigenvalue weighted by molar-refractivity contribution is 5.74. The van der Waals surface area contributed by atoms with Crippen molar-refractivity contribution < 1.29 is 14.7 Å². The third-order valence-corrected chi connectivity index (χ3v) is 2.94. The Morgan fingerprint density at radius 3 is 2.44 bits per heavy atom. The number of amides is 2. The van der Waals surface area contributed by atoms with E-state index in [2.05, 4.69) is 10.8 Å². The molecule has 6 heteroatoms. The standard InChI is InChI=1S/C12H19N3O3/c1-3-5-13(2)12(18)15-9-7-14(8-10-15)6-4-11(16)17/h1H,4-10H2,2H3,(H,16,17). The number of terminal acetylenes is 1. The van der Waals surface area contributed by atoms with Crippen LogP contribution in [-0.4, -0.2) is 78.1 Å². The van der Waals surface area contributed by atoms with Gasteiger partial charge in [0.1, 0.15) is 0 Å². The zero-order chi connectivity index (χ0) is 13.5. The molecule has 0 aliphatic carbocycles. The Morgan fingerprint density at radius 2 is 1.94 bits per heavy atom. The van der Waals surface area contributed by atoms with Crippen LogP contribution < -0.4 is 0 Å². The molecule has 0 atom stereocenters. The van der Waals surface area contributed by atoms with Gasteiger partial charge in [-0.2, -0.15) is 0 Å². The van der Waals surface area contributed by atoms with Crippen molar-refractivity contribution in [1.29, 1.82) is 0 Å². The molecule has 0 spiro atoms. The Kier molecular flexibility index (Phi) is 5.46. The minimum absolute atomic E-state index is 0.0640. The number of carboxylic acids is 1. The first-order valence-corrected chi connectivity index (χ1v) is 5.92. The molecule has 0 saturated carbocycles. The van der Waals surface area contributed by atoms with Crippen LogP contribution >= 0.6 is 0 Å². The van der Waals surface area contributed by atoms with Gasteiger partial charge in [-0.3, -0.25) is 9.69 Å². The maximum atomic E-state index is 11.9. The predicted molar refractivity (Wildman–Crippen MR) is 67.1 cm³/mol. The molecule has 0 aromatic rings. The summed E-state index contributed by atoms with van der Waals surface area (Å²) in [6, 6.07) is -0.0640. The average molecular weight is 253 g/mol. The first-order valence-electron chi connectivity index (χ1n) is 5.92. The van der Waals surface area contributed by atoms with Crippen molar-refractivity contribution in [1.82, 2.24) is 14.7 Å². The summed E-state index contributed by atoms with van der Waals surface area (Å²) in [5.41, 5.74) is 0. The Labute approximate surface area is 107 Å². The molecule has 6 nitrogen and oxygen atoms in total. The lowest BCUT2D eigenvalue weighted by Crippen LogP contribution is -2.52. The Bertz CT molecular complexity index is 343.